The van der Waals surface area contributed by atoms with Crippen molar-refractivity contribution in [3.8, 4) is 0 Å². The standard InChI is InChI=1S/C19H29NO2/c1-7-15-12-14(3)13-16(8-2)17(15)10-9-11-20-18(21)22-19(4,5)6/h9-10,12-13H,7-8,11H2,1-6H3,(H,20,21). The molecule has 22 heavy (non-hydrogen) atoms. The van der Waals surface area contributed by atoms with Gasteiger partial charge in [0.25, 0.3) is 0 Å². The molecule has 1 amide bonds. The Labute approximate surface area is 134 Å². The predicted octanol–water partition coefficient (Wildman–Crippen LogP) is 4.66. The van der Waals surface area contributed by atoms with E-state index in [1.165, 1.54) is 22.3 Å². The highest BCUT2D eigenvalue weighted by molar-refractivity contribution is 5.68. The van der Waals surface area contributed by atoms with E-state index in [0.29, 0.717) is 6.54 Å². The van der Waals surface area contributed by atoms with Gasteiger partial charge in [-0.2, -0.15) is 0 Å². The Hall–Kier alpha value is -1.77. The number of hydrogen-bond donors (Lipinski definition) is 1. The number of alkyl carbamates (subject to hydrolysis) is 1. The van der Waals surface area contributed by atoms with Crippen LogP contribution in [0.15, 0.2) is 18.2 Å². The molecule has 1 rings (SSSR count). The molecule has 0 aromatic heterocycles. The van der Waals surface area contributed by atoms with Crippen LogP contribution in [0.4, 0.5) is 4.79 Å². The zero-order valence-electron chi connectivity index (χ0n) is 14.7. The van der Waals surface area contributed by atoms with Gasteiger partial charge in [-0.3, -0.25) is 0 Å². The Morgan fingerprint density at radius 2 is 1.73 bits per heavy atom. The third kappa shape index (κ3) is 5.92. The fourth-order valence-corrected chi connectivity index (χ4v) is 2.39. The summed E-state index contributed by atoms with van der Waals surface area (Å²) in [6.07, 6.45) is 5.72. The van der Waals surface area contributed by atoms with Crippen molar-refractivity contribution in [3.63, 3.8) is 0 Å². The Kier molecular flexibility index (Phi) is 6.66. The lowest BCUT2D eigenvalue weighted by molar-refractivity contribution is 0.0534. The molecule has 0 heterocycles. The van der Waals surface area contributed by atoms with Crippen LogP contribution in [0.3, 0.4) is 0 Å². The lowest BCUT2D eigenvalue weighted by Crippen LogP contribution is -2.32. The maximum atomic E-state index is 11.6. The summed E-state index contributed by atoms with van der Waals surface area (Å²) >= 11 is 0. The molecule has 0 bridgehead atoms. The van der Waals surface area contributed by atoms with E-state index in [2.05, 4.69) is 44.3 Å². The molecular formula is C19H29NO2. The monoisotopic (exact) mass is 303 g/mol. The Morgan fingerprint density at radius 3 is 2.18 bits per heavy atom. The van der Waals surface area contributed by atoms with Crippen LogP contribution in [-0.2, 0) is 17.6 Å². The van der Waals surface area contributed by atoms with Gasteiger partial charge in [0.15, 0.2) is 0 Å². The molecular weight excluding hydrogens is 274 g/mol. The second kappa shape index (κ2) is 8.02. The Balaban J connectivity index is 2.72. The minimum absolute atomic E-state index is 0.382. The van der Waals surface area contributed by atoms with Gasteiger partial charge in [0.1, 0.15) is 5.60 Å². The predicted molar refractivity (Wildman–Crippen MR) is 93.2 cm³/mol. The average molecular weight is 303 g/mol. The topological polar surface area (TPSA) is 38.3 Å². The highest BCUT2D eigenvalue weighted by Gasteiger charge is 2.15. The Bertz CT molecular complexity index is 514. The molecule has 0 spiro atoms. The molecule has 0 fully saturated rings. The third-order valence-corrected chi connectivity index (χ3v) is 3.31. The highest BCUT2D eigenvalue weighted by atomic mass is 16.6. The van der Waals surface area contributed by atoms with Crippen LogP contribution >= 0.6 is 0 Å². The summed E-state index contributed by atoms with van der Waals surface area (Å²) in [7, 11) is 0. The van der Waals surface area contributed by atoms with Crippen molar-refractivity contribution >= 4 is 12.2 Å². The number of carbonyl (C=O) groups is 1. The van der Waals surface area contributed by atoms with E-state index in [0.717, 1.165) is 12.8 Å². The molecule has 0 saturated carbocycles. The van der Waals surface area contributed by atoms with E-state index < -0.39 is 5.60 Å². The minimum atomic E-state index is -0.463. The molecule has 0 atom stereocenters. The first-order valence-electron chi connectivity index (χ1n) is 8.02. The fraction of sp³-hybridized carbons (Fsp3) is 0.526. The molecule has 1 aromatic rings. The molecule has 3 nitrogen and oxygen atoms in total. The summed E-state index contributed by atoms with van der Waals surface area (Å²) < 4.78 is 5.21. The van der Waals surface area contributed by atoms with Gasteiger partial charge < -0.3 is 10.1 Å². The maximum absolute atomic E-state index is 11.6. The second-order valence-corrected chi connectivity index (χ2v) is 6.49. The number of carbonyl (C=O) groups excluding carboxylic acids is 1. The fourth-order valence-electron chi connectivity index (χ4n) is 2.39. The number of rotatable bonds is 5. The Morgan fingerprint density at radius 1 is 1.18 bits per heavy atom. The molecule has 0 aliphatic rings. The second-order valence-electron chi connectivity index (χ2n) is 6.49. The first-order chi connectivity index (χ1) is 10.3. The van der Waals surface area contributed by atoms with Crippen LogP contribution in [0.2, 0.25) is 0 Å². The van der Waals surface area contributed by atoms with Crippen molar-refractivity contribution in [1.29, 1.82) is 0 Å². The molecule has 0 saturated heterocycles. The maximum Gasteiger partial charge on any atom is 0.407 e. The van der Waals surface area contributed by atoms with Crippen LogP contribution in [0.25, 0.3) is 6.08 Å². The van der Waals surface area contributed by atoms with Gasteiger partial charge in [-0.1, -0.05) is 43.7 Å². The largest absolute Gasteiger partial charge is 0.444 e. The number of aryl methyl sites for hydroxylation is 3. The summed E-state index contributed by atoms with van der Waals surface area (Å²) in [4.78, 5) is 11.6. The SMILES string of the molecule is CCc1cc(C)cc(CC)c1C=CCNC(=O)OC(C)(C)C. The zero-order valence-corrected chi connectivity index (χ0v) is 14.7. The van der Waals surface area contributed by atoms with E-state index in [1.807, 2.05) is 26.8 Å². The summed E-state index contributed by atoms with van der Waals surface area (Å²) in [5.41, 5.74) is 4.82. The van der Waals surface area contributed by atoms with Crippen LogP contribution in [0.5, 0.6) is 0 Å². The van der Waals surface area contributed by atoms with Gasteiger partial charge in [0.2, 0.25) is 0 Å². The summed E-state index contributed by atoms with van der Waals surface area (Å²) in [5, 5.41) is 2.75. The van der Waals surface area contributed by atoms with Crippen molar-refractivity contribution in [2.75, 3.05) is 6.54 Å². The number of ether oxygens (including phenoxy) is 1. The summed E-state index contributed by atoms with van der Waals surface area (Å²) in [5.74, 6) is 0. The van der Waals surface area contributed by atoms with Crippen LogP contribution in [0.1, 0.15) is 56.9 Å². The first kappa shape index (κ1) is 18.3. The van der Waals surface area contributed by atoms with E-state index in [1.54, 1.807) is 0 Å². The molecule has 3 heteroatoms. The average Bonchev–Trinajstić information content (AvgIpc) is 2.41. The van der Waals surface area contributed by atoms with Crippen molar-refractivity contribution in [1.82, 2.24) is 5.32 Å². The normalized spacial score (nSPS) is 11.7. The minimum Gasteiger partial charge on any atom is -0.444 e. The molecule has 0 radical (unpaired) electrons. The van der Waals surface area contributed by atoms with Crippen LogP contribution in [0, 0.1) is 6.92 Å². The number of benzene rings is 1. The quantitative estimate of drug-likeness (QED) is 0.859. The third-order valence-electron chi connectivity index (χ3n) is 3.31. The van der Waals surface area contributed by atoms with Crippen molar-refractivity contribution < 1.29 is 9.53 Å². The van der Waals surface area contributed by atoms with Crippen LogP contribution < -0.4 is 5.32 Å². The first-order valence-corrected chi connectivity index (χ1v) is 8.02. The van der Waals surface area contributed by atoms with Gasteiger partial charge in [-0.25, -0.2) is 4.79 Å². The molecule has 1 aromatic carbocycles. The van der Waals surface area contributed by atoms with Crippen molar-refractivity contribution in [2.24, 2.45) is 0 Å². The lowest BCUT2D eigenvalue weighted by atomic mass is 9.94. The van der Waals surface area contributed by atoms with Gasteiger partial charge in [0.05, 0.1) is 0 Å². The number of amides is 1. The van der Waals surface area contributed by atoms with Gasteiger partial charge in [-0.15, -0.1) is 0 Å². The summed E-state index contributed by atoms with van der Waals surface area (Å²) in [6.45, 7) is 12.5. The van der Waals surface area contributed by atoms with Crippen molar-refractivity contribution in [3.05, 3.63) is 40.5 Å². The van der Waals surface area contributed by atoms with E-state index in [9.17, 15) is 4.79 Å². The molecule has 122 valence electrons. The number of hydrogen-bond acceptors (Lipinski definition) is 2. The zero-order chi connectivity index (χ0) is 16.8. The molecule has 0 aliphatic carbocycles. The van der Waals surface area contributed by atoms with Crippen LogP contribution in [-0.4, -0.2) is 18.2 Å². The van der Waals surface area contributed by atoms with E-state index in [-0.39, 0.29) is 6.09 Å². The van der Waals surface area contributed by atoms with Gasteiger partial charge in [0, 0.05) is 6.54 Å². The van der Waals surface area contributed by atoms with Gasteiger partial charge in [-0.05, 0) is 57.2 Å². The van der Waals surface area contributed by atoms with Crippen molar-refractivity contribution in [2.45, 2.75) is 60.0 Å². The van der Waals surface area contributed by atoms with E-state index >= 15 is 0 Å². The smallest absolute Gasteiger partial charge is 0.407 e. The molecule has 0 unspecified atom stereocenters. The summed E-state index contributed by atoms with van der Waals surface area (Å²) in [6, 6.07) is 4.47. The lowest BCUT2D eigenvalue weighted by Gasteiger charge is -2.19. The number of nitrogens with one attached hydrogen (secondary N) is 1. The van der Waals surface area contributed by atoms with Gasteiger partial charge >= 0.3 is 6.09 Å². The highest BCUT2D eigenvalue weighted by Crippen LogP contribution is 2.20. The molecule has 0 aliphatic heterocycles. The van der Waals surface area contributed by atoms with E-state index in [4.69, 9.17) is 4.74 Å². The molecule has 1 N–H and O–H groups in total.